The number of thiazole rings is 2. The number of hydrogen-bond acceptors (Lipinski definition) is 12. The maximum absolute atomic E-state index is 14.3. The van der Waals surface area contributed by atoms with Gasteiger partial charge in [-0.2, -0.15) is 0 Å². The van der Waals surface area contributed by atoms with Gasteiger partial charge in [-0.05, 0) is 36.4 Å². The van der Waals surface area contributed by atoms with E-state index in [0.29, 0.717) is 46.8 Å². The van der Waals surface area contributed by atoms with E-state index < -0.39 is 70.3 Å². The number of primary amides is 2. The maximum atomic E-state index is 14.3. The third-order valence-corrected chi connectivity index (χ3v) is 14.6. The van der Waals surface area contributed by atoms with Crippen molar-refractivity contribution in [3.8, 4) is 57.7 Å². The molecule has 4 amide bonds. The Hall–Kier alpha value is -6.06. The number of aliphatic hydroxyl groups is 2. The highest BCUT2D eigenvalue weighted by Gasteiger charge is 2.75. The van der Waals surface area contributed by atoms with Crippen LogP contribution in [0.1, 0.15) is 66.2 Å². The van der Waals surface area contributed by atoms with Crippen LogP contribution in [-0.2, 0) is 20.4 Å². The van der Waals surface area contributed by atoms with Gasteiger partial charge >= 0.3 is 0 Å². The molecule has 2 aromatic heterocycles. The Morgan fingerprint density at radius 3 is 1.39 bits per heavy atom. The van der Waals surface area contributed by atoms with E-state index in [0.717, 1.165) is 22.7 Å². The molecule has 4 aromatic rings. The number of rotatable bonds is 2. The second-order valence-electron chi connectivity index (χ2n) is 16.2. The van der Waals surface area contributed by atoms with E-state index in [1.807, 2.05) is 0 Å². The molecule has 2 saturated heterocycles. The summed E-state index contributed by atoms with van der Waals surface area (Å²) < 4.78 is 68.8. The second kappa shape index (κ2) is 13.7. The molecule has 4 fully saturated rings. The fourth-order valence-electron chi connectivity index (χ4n) is 8.00. The van der Waals surface area contributed by atoms with Gasteiger partial charge in [0.2, 0.25) is 11.2 Å². The molecule has 2 aromatic carbocycles. The number of nitrogens with two attached hydrogens (primary N) is 2. The Balaban J connectivity index is 0.000000158. The Kier molecular flexibility index (Phi) is 9.14. The lowest BCUT2D eigenvalue weighted by molar-refractivity contribution is -0.138. The molecule has 20 heteroatoms. The van der Waals surface area contributed by atoms with Crippen LogP contribution in [0.2, 0.25) is 0 Å². The normalized spacial score (nSPS) is 27.6. The molecule has 2 aliphatic carbocycles. The monoisotopic (exact) mass is 890 g/mol. The Labute approximate surface area is 357 Å². The summed E-state index contributed by atoms with van der Waals surface area (Å²) in [5.41, 5.74) is 6.27. The lowest BCUT2D eigenvalue weighted by Gasteiger charge is -2.13. The van der Waals surface area contributed by atoms with Crippen LogP contribution in [0.5, 0.6) is 11.5 Å². The molecular weight excluding hydrogens is 857 g/mol. The van der Waals surface area contributed by atoms with Crippen molar-refractivity contribution in [1.82, 2.24) is 19.8 Å². The number of amides is 4. The molecule has 320 valence electrons. The summed E-state index contributed by atoms with van der Waals surface area (Å²) in [5.74, 6) is 3.07. The lowest BCUT2D eigenvalue weighted by atomic mass is 9.99. The Morgan fingerprint density at radius 2 is 1.08 bits per heavy atom. The van der Waals surface area contributed by atoms with Gasteiger partial charge in [0.15, 0.2) is 10.0 Å². The molecule has 6 aliphatic rings. The number of hydrogen-bond donors (Lipinski definition) is 4. The van der Waals surface area contributed by atoms with E-state index in [2.05, 4.69) is 33.6 Å². The van der Waals surface area contributed by atoms with Crippen LogP contribution in [0.3, 0.4) is 0 Å². The standard InChI is InChI=1S/2C21H17F2N3O4S/c2*1-26-7-6-20(29,18(26)28)5-4-11-2-3-13-12(8-11)14-15(31-17(25-14)16(24)27)19(10-30-13)9-21(19,22)23/h2*2-3,8,29H,6-7,9-10H2,1H3,(H2,24,27)/t19-,20+;19-,20-/m10/s1. The summed E-state index contributed by atoms with van der Waals surface area (Å²) in [6.07, 6.45) is -0.397. The number of ether oxygens (including phenoxy) is 2. The summed E-state index contributed by atoms with van der Waals surface area (Å²) in [6.45, 7) is 0.310. The van der Waals surface area contributed by atoms with E-state index in [1.165, 1.54) is 9.80 Å². The van der Waals surface area contributed by atoms with Gasteiger partial charge in [-0.3, -0.25) is 19.2 Å². The molecule has 6 heterocycles. The number of nitrogens with zero attached hydrogens (tertiary/aromatic N) is 4. The number of aromatic nitrogens is 2. The van der Waals surface area contributed by atoms with E-state index in [-0.39, 0.29) is 57.2 Å². The van der Waals surface area contributed by atoms with Gasteiger partial charge in [0.05, 0.1) is 11.4 Å². The summed E-state index contributed by atoms with van der Waals surface area (Å²) in [6, 6.07) is 9.58. The number of likely N-dealkylation sites (tertiary alicyclic amines) is 2. The SMILES string of the molecule is CN1CC[C@@](O)(C#Cc2ccc3c(c2)-c2nc(C(N)=O)sc2[C@@]2(CO3)CC2(F)F)C1=O.CN1CC[C@@](O)(C#Cc2ccc3c(c2)-c2nc(C(N)=O)sc2[C@]2(CO3)CC2(F)F)C1=O. The third kappa shape index (κ3) is 6.38. The molecule has 0 bridgehead atoms. The Bertz CT molecular complexity index is 2620. The molecule has 0 unspecified atom stereocenters. The van der Waals surface area contributed by atoms with Crippen molar-refractivity contribution in [3.63, 3.8) is 0 Å². The van der Waals surface area contributed by atoms with Crippen molar-refractivity contribution >= 4 is 46.3 Å². The number of fused-ring (bicyclic) bond motifs is 8. The zero-order valence-electron chi connectivity index (χ0n) is 32.7. The minimum atomic E-state index is -2.97. The molecule has 4 atom stereocenters. The molecule has 6 N–H and O–H groups in total. The summed E-state index contributed by atoms with van der Waals surface area (Å²) in [5, 5.41) is 20.9. The maximum Gasteiger partial charge on any atom is 0.277 e. The van der Waals surface area contributed by atoms with Crippen LogP contribution in [0.25, 0.3) is 22.5 Å². The van der Waals surface area contributed by atoms with Crippen molar-refractivity contribution < 1.29 is 56.4 Å². The van der Waals surface area contributed by atoms with Crippen LogP contribution < -0.4 is 20.9 Å². The molecule has 0 radical (unpaired) electrons. The summed E-state index contributed by atoms with van der Waals surface area (Å²) in [4.78, 5) is 59.4. The molecule has 4 aliphatic heterocycles. The highest BCUT2D eigenvalue weighted by Crippen LogP contribution is 2.67. The largest absolute Gasteiger partial charge is 0.492 e. The van der Waals surface area contributed by atoms with Crippen molar-refractivity contribution in [2.75, 3.05) is 40.4 Å². The molecular formula is C42H34F4N6O8S2. The zero-order chi connectivity index (χ0) is 44.4. The fraction of sp³-hybridized carbons (Fsp3) is 0.381. The smallest absolute Gasteiger partial charge is 0.277 e. The van der Waals surface area contributed by atoms with Crippen LogP contribution in [0.15, 0.2) is 36.4 Å². The molecule has 10 rings (SSSR count). The van der Waals surface area contributed by atoms with Crippen LogP contribution in [0.4, 0.5) is 17.6 Å². The average molecular weight is 891 g/mol. The van der Waals surface area contributed by atoms with Gasteiger partial charge in [-0.25, -0.2) is 27.5 Å². The highest BCUT2D eigenvalue weighted by molar-refractivity contribution is 7.14. The minimum absolute atomic E-state index is 0.0506. The van der Waals surface area contributed by atoms with Gasteiger partial charge in [-0.15, -0.1) is 22.7 Å². The predicted octanol–water partition coefficient (Wildman–Crippen LogP) is 3.05. The van der Waals surface area contributed by atoms with Gasteiger partial charge in [0.1, 0.15) is 35.5 Å². The first kappa shape index (κ1) is 41.3. The predicted molar refractivity (Wildman–Crippen MR) is 214 cm³/mol. The quantitative estimate of drug-likeness (QED) is 0.171. The summed E-state index contributed by atoms with van der Waals surface area (Å²) >= 11 is 1.72. The minimum Gasteiger partial charge on any atom is -0.492 e. The van der Waals surface area contributed by atoms with E-state index in [1.54, 1.807) is 50.5 Å². The number of alkyl halides is 4. The first-order valence-electron chi connectivity index (χ1n) is 19.1. The zero-order valence-corrected chi connectivity index (χ0v) is 34.4. The van der Waals surface area contributed by atoms with Gasteiger partial charge < -0.3 is 41.0 Å². The third-order valence-electron chi connectivity index (χ3n) is 12.0. The summed E-state index contributed by atoms with van der Waals surface area (Å²) in [7, 11) is 3.18. The van der Waals surface area contributed by atoms with Crippen molar-refractivity contribution in [2.24, 2.45) is 11.5 Å². The van der Waals surface area contributed by atoms with Crippen molar-refractivity contribution in [2.45, 2.75) is 59.6 Å². The van der Waals surface area contributed by atoms with Gasteiger partial charge in [-0.1, -0.05) is 23.7 Å². The Morgan fingerprint density at radius 1 is 0.710 bits per heavy atom. The van der Waals surface area contributed by atoms with Crippen molar-refractivity contribution in [3.05, 3.63) is 67.3 Å². The number of benzene rings is 2. The van der Waals surface area contributed by atoms with E-state index in [4.69, 9.17) is 20.9 Å². The van der Waals surface area contributed by atoms with Gasteiger partial charge in [0.25, 0.3) is 35.5 Å². The number of likely N-dealkylation sites (N-methyl/N-ethyl adjacent to an activating group) is 2. The lowest BCUT2D eigenvalue weighted by Crippen LogP contribution is -2.37. The van der Waals surface area contributed by atoms with E-state index >= 15 is 0 Å². The first-order valence-corrected chi connectivity index (χ1v) is 20.7. The highest BCUT2D eigenvalue weighted by atomic mass is 32.1. The topological polar surface area (TPSA) is 212 Å². The number of halogens is 4. The number of carbonyl (C=O) groups is 4. The fourth-order valence-corrected chi connectivity index (χ4v) is 10.3. The van der Waals surface area contributed by atoms with Crippen LogP contribution >= 0.6 is 22.7 Å². The van der Waals surface area contributed by atoms with Gasteiger partial charge in [0, 0.05) is 84.9 Å². The molecule has 2 saturated carbocycles. The van der Waals surface area contributed by atoms with Crippen LogP contribution in [0, 0.1) is 23.7 Å². The van der Waals surface area contributed by atoms with Crippen molar-refractivity contribution in [1.29, 1.82) is 0 Å². The molecule has 14 nitrogen and oxygen atoms in total. The average Bonchev–Trinajstić information content (AvgIpc) is 3.59. The molecule has 2 spiro atoms. The first-order chi connectivity index (χ1) is 29.1. The second-order valence-corrected chi connectivity index (χ2v) is 18.2. The van der Waals surface area contributed by atoms with E-state index in [9.17, 15) is 47.0 Å². The number of carbonyl (C=O) groups excluding carboxylic acids is 4. The van der Waals surface area contributed by atoms with Crippen LogP contribution in [-0.4, -0.2) is 117 Å². The molecule has 62 heavy (non-hydrogen) atoms.